The summed E-state index contributed by atoms with van der Waals surface area (Å²) in [5, 5.41) is 0. The molecule has 1 N–H and O–H groups in total. The van der Waals surface area contributed by atoms with Gasteiger partial charge in [0.1, 0.15) is 12.0 Å². The highest BCUT2D eigenvalue weighted by molar-refractivity contribution is 7.49. The van der Waals surface area contributed by atoms with E-state index in [2.05, 4.69) is 0 Å². The SMILES string of the molecule is O=c1cc(F)n(C2CCC(COP3(=O)OCc4ccccc4O3)O2)c(=O)[nH]1. The number of hydrogen-bond donors (Lipinski definition) is 1. The first-order chi connectivity index (χ1) is 12.9. The molecule has 11 heteroatoms. The predicted octanol–water partition coefficient (Wildman–Crippen LogP) is 2.09. The van der Waals surface area contributed by atoms with Crippen molar-refractivity contribution in [2.45, 2.75) is 31.8 Å². The monoisotopic (exact) mass is 398 g/mol. The molecule has 1 saturated heterocycles. The van der Waals surface area contributed by atoms with E-state index in [4.69, 9.17) is 18.3 Å². The summed E-state index contributed by atoms with van der Waals surface area (Å²) < 4.78 is 48.7. The van der Waals surface area contributed by atoms with E-state index in [0.29, 0.717) is 24.7 Å². The Hall–Kier alpha value is -2.26. The molecule has 0 amide bonds. The second-order valence-corrected chi connectivity index (χ2v) is 7.73. The molecule has 3 atom stereocenters. The normalized spacial score (nSPS) is 27.1. The molecule has 0 saturated carbocycles. The first kappa shape index (κ1) is 18.1. The van der Waals surface area contributed by atoms with Crippen LogP contribution < -0.4 is 15.8 Å². The molecule has 2 aliphatic heterocycles. The van der Waals surface area contributed by atoms with Crippen molar-refractivity contribution >= 4 is 7.82 Å². The molecule has 3 unspecified atom stereocenters. The van der Waals surface area contributed by atoms with Gasteiger partial charge in [0.15, 0.2) is 0 Å². The zero-order valence-electron chi connectivity index (χ0n) is 14.0. The fourth-order valence-corrected chi connectivity index (χ4v) is 4.23. The van der Waals surface area contributed by atoms with Crippen LogP contribution >= 0.6 is 7.82 Å². The molecule has 3 heterocycles. The Morgan fingerprint density at radius 2 is 2.11 bits per heavy atom. The van der Waals surface area contributed by atoms with Gasteiger partial charge < -0.3 is 9.26 Å². The van der Waals surface area contributed by atoms with Crippen molar-refractivity contribution < 1.29 is 27.3 Å². The first-order valence-electron chi connectivity index (χ1n) is 8.27. The number of ether oxygens (including phenoxy) is 1. The molecule has 27 heavy (non-hydrogen) atoms. The van der Waals surface area contributed by atoms with Crippen LogP contribution in [0.2, 0.25) is 0 Å². The Bertz CT molecular complexity index is 1020. The smallest absolute Gasteiger partial charge is 0.404 e. The average molecular weight is 398 g/mol. The fraction of sp³-hybridized carbons (Fsp3) is 0.375. The minimum absolute atomic E-state index is 0.0968. The van der Waals surface area contributed by atoms with Crippen molar-refractivity contribution in [2.24, 2.45) is 0 Å². The van der Waals surface area contributed by atoms with Crippen molar-refractivity contribution in [3.63, 3.8) is 0 Å². The molecule has 0 bridgehead atoms. The molecule has 1 fully saturated rings. The van der Waals surface area contributed by atoms with E-state index in [9.17, 15) is 18.5 Å². The van der Waals surface area contributed by atoms with Crippen LogP contribution in [0.25, 0.3) is 0 Å². The van der Waals surface area contributed by atoms with E-state index < -0.39 is 37.4 Å². The maximum Gasteiger partial charge on any atom is 0.530 e. The molecule has 1 aromatic heterocycles. The molecule has 0 radical (unpaired) electrons. The van der Waals surface area contributed by atoms with Gasteiger partial charge in [-0.1, -0.05) is 18.2 Å². The van der Waals surface area contributed by atoms with E-state index in [1.54, 1.807) is 18.2 Å². The Kier molecular flexibility index (Phi) is 4.73. The lowest BCUT2D eigenvalue weighted by atomic mass is 10.2. The lowest BCUT2D eigenvalue weighted by Crippen LogP contribution is -2.34. The maximum absolute atomic E-state index is 13.9. The van der Waals surface area contributed by atoms with Gasteiger partial charge in [-0.25, -0.2) is 13.9 Å². The van der Waals surface area contributed by atoms with Gasteiger partial charge in [0, 0.05) is 5.56 Å². The molecule has 0 aliphatic carbocycles. The van der Waals surface area contributed by atoms with Crippen LogP contribution in [-0.2, 0) is 25.0 Å². The topological polar surface area (TPSA) is 109 Å². The average Bonchev–Trinajstić information content (AvgIpc) is 3.08. The first-order valence-corrected chi connectivity index (χ1v) is 9.73. The number of aromatic amines is 1. The number of benzene rings is 1. The Labute approximate surface area is 152 Å². The number of H-pyrrole nitrogens is 1. The molecule has 1 aromatic carbocycles. The van der Waals surface area contributed by atoms with Crippen LogP contribution in [0, 0.1) is 5.95 Å². The van der Waals surface area contributed by atoms with Gasteiger partial charge >= 0.3 is 13.5 Å². The molecule has 4 rings (SSSR count). The van der Waals surface area contributed by atoms with Crippen molar-refractivity contribution in [1.82, 2.24) is 9.55 Å². The lowest BCUT2D eigenvalue weighted by molar-refractivity contribution is -0.0312. The third-order valence-electron chi connectivity index (χ3n) is 4.28. The highest BCUT2D eigenvalue weighted by atomic mass is 31.2. The Balaban J connectivity index is 1.39. The summed E-state index contributed by atoms with van der Waals surface area (Å²) in [5.41, 5.74) is -0.954. The van der Waals surface area contributed by atoms with E-state index in [0.717, 1.165) is 10.1 Å². The number of rotatable bonds is 4. The highest BCUT2D eigenvalue weighted by Gasteiger charge is 2.37. The van der Waals surface area contributed by atoms with Gasteiger partial charge in [0.2, 0.25) is 5.95 Å². The summed E-state index contributed by atoms with van der Waals surface area (Å²) in [4.78, 5) is 24.9. The van der Waals surface area contributed by atoms with Gasteiger partial charge in [-0.05, 0) is 18.9 Å². The molecule has 144 valence electrons. The van der Waals surface area contributed by atoms with E-state index >= 15 is 0 Å². The predicted molar refractivity (Wildman–Crippen MR) is 89.8 cm³/mol. The maximum atomic E-state index is 13.9. The van der Waals surface area contributed by atoms with Crippen molar-refractivity contribution in [2.75, 3.05) is 6.61 Å². The molecule has 2 aliphatic rings. The van der Waals surface area contributed by atoms with Gasteiger partial charge in [-0.3, -0.25) is 18.8 Å². The Morgan fingerprint density at radius 3 is 2.93 bits per heavy atom. The fourth-order valence-electron chi connectivity index (χ4n) is 2.99. The minimum atomic E-state index is -3.79. The summed E-state index contributed by atoms with van der Waals surface area (Å²) in [5.74, 6) is -0.558. The molecular weight excluding hydrogens is 382 g/mol. The summed E-state index contributed by atoms with van der Waals surface area (Å²) in [7, 11) is -3.79. The molecule has 0 spiro atoms. The summed E-state index contributed by atoms with van der Waals surface area (Å²) in [6, 6.07) is 7.69. The number of nitrogens with zero attached hydrogens (tertiary/aromatic N) is 1. The van der Waals surface area contributed by atoms with Crippen molar-refractivity contribution in [3.8, 4) is 5.75 Å². The van der Waals surface area contributed by atoms with Crippen LogP contribution in [0.3, 0.4) is 0 Å². The lowest BCUT2D eigenvalue weighted by Gasteiger charge is -2.25. The number of aromatic nitrogens is 2. The third-order valence-corrected chi connectivity index (χ3v) is 5.61. The van der Waals surface area contributed by atoms with Crippen LogP contribution in [0.5, 0.6) is 5.75 Å². The molecular formula is C16H16FN2O7P. The van der Waals surface area contributed by atoms with Crippen LogP contribution in [-0.4, -0.2) is 22.3 Å². The number of fused-ring (bicyclic) bond motifs is 1. The van der Waals surface area contributed by atoms with Crippen molar-refractivity contribution in [1.29, 1.82) is 0 Å². The van der Waals surface area contributed by atoms with E-state index in [-0.39, 0.29) is 13.2 Å². The second-order valence-electron chi connectivity index (χ2n) is 6.14. The second kappa shape index (κ2) is 7.05. The number of phosphoric acid groups is 1. The summed E-state index contributed by atoms with van der Waals surface area (Å²) >= 11 is 0. The number of para-hydroxylation sites is 1. The highest BCUT2D eigenvalue weighted by Crippen LogP contribution is 2.54. The van der Waals surface area contributed by atoms with E-state index in [1.807, 2.05) is 11.1 Å². The van der Waals surface area contributed by atoms with Gasteiger partial charge in [-0.15, -0.1) is 0 Å². The van der Waals surface area contributed by atoms with Crippen molar-refractivity contribution in [3.05, 3.63) is 62.7 Å². The largest absolute Gasteiger partial charge is 0.530 e. The summed E-state index contributed by atoms with van der Waals surface area (Å²) in [6.45, 7) is -0.0186. The number of phosphoric ester groups is 1. The number of halogens is 1. The molecule has 9 nitrogen and oxygen atoms in total. The zero-order chi connectivity index (χ0) is 19.0. The number of hydrogen-bond acceptors (Lipinski definition) is 7. The quantitative estimate of drug-likeness (QED) is 0.620. The van der Waals surface area contributed by atoms with E-state index in [1.165, 1.54) is 0 Å². The van der Waals surface area contributed by atoms with Crippen LogP contribution in [0.4, 0.5) is 4.39 Å². The van der Waals surface area contributed by atoms with Gasteiger partial charge in [0.05, 0.1) is 25.4 Å². The Morgan fingerprint density at radius 1 is 1.30 bits per heavy atom. The standard InChI is InChI=1S/C16H16FN2O7P/c17-13-7-14(20)18-16(21)19(13)15-6-5-11(25-15)9-24-27(22)23-8-10-3-1-2-4-12(10)26-27/h1-4,7,11,15H,5-6,8-9H2,(H,18,20,21). The van der Waals surface area contributed by atoms with Gasteiger partial charge in [-0.2, -0.15) is 4.39 Å². The van der Waals surface area contributed by atoms with Crippen LogP contribution in [0.1, 0.15) is 24.6 Å². The number of nitrogens with one attached hydrogen (secondary N) is 1. The van der Waals surface area contributed by atoms with Gasteiger partial charge in [0.25, 0.3) is 5.56 Å². The third kappa shape index (κ3) is 3.74. The molecule has 2 aromatic rings. The summed E-state index contributed by atoms with van der Waals surface area (Å²) in [6.07, 6.45) is -0.668. The minimum Gasteiger partial charge on any atom is -0.404 e. The van der Waals surface area contributed by atoms with Crippen LogP contribution in [0.15, 0.2) is 39.9 Å². The zero-order valence-corrected chi connectivity index (χ0v) is 14.9.